The first-order valence-corrected chi connectivity index (χ1v) is 6.55. The Kier molecular flexibility index (Phi) is 5.99. The molecule has 0 aliphatic rings. The second kappa shape index (κ2) is 7.32. The van der Waals surface area contributed by atoms with Crippen molar-refractivity contribution >= 4 is 5.69 Å². The van der Waals surface area contributed by atoms with E-state index in [2.05, 4.69) is 50.4 Å². The molecule has 0 spiro atoms. The Hall–Kier alpha value is -0.980. The molecule has 0 fully saturated rings. The summed E-state index contributed by atoms with van der Waals surface area (Å²) in [6.45, 7) is 6.65. The Balaban J connectivity index is 2.23. The summed E-state index contributed by atoms with van der Waals surface area (Å²) in [4.78, 5) is 0. The van der Waals surface area contributed by atoms with Crippen LogP contribution in [0, 0.1) is 6.92 Å². The van der Waals surface area contributed by atoms with E-state index in [1.54, 1.807) is 0 Å². The minimum absolute atomic E-state index is 0.583. The molecule has 1 heteroatoms. The molecular formula is C15H25N. The topological polar surface area (TPSA) is 12.0 Å². The van der Waals surface area contributed by atoms with Gasteiger partial charge in [0, 0.05) is 11.7 Å². The Bertz CT molecular complexity index is 276. The Morgan fingerprint density at radius 3 is 2.38 bits per heavy atom. The fraction of sp³-hybridized carbons (Fsp3) is 0.600. The van der Waals surface area contributed by atoms with Crippen molar-refractivity contribution in [2.75, 3.05) is 5.32 Å². The highest BCUT2D eigenvalue weighted by Crippen LogP contribution is 2.13. The summed E-state index contributed by atoms with van der Waals surface area (Å²) < 4.78 is 0. The molecule has 1 aromatic rings. The van der Waals surface area contributed by atoms with E-state index < -0.39 is 0 Å². The zero-order valence-electron chi connectivity index (χ0n) is 10.9. The van der Waals surface area contributed by atoms with Crippen LogP contribution in [0.4, 0.5) is 5.69 Å². The monoisotopic (exact) mass is 219 g/mol. The van der Waals surface area contributed by atoms with E-state index in [0.717, 1.165) is 0 Å². The number of hydrogen-bond acceptors (Lipinski definition) is 1. The molecule has 0 aliphatic heterocycles. The van der Waals surface area contributed by atoms with Gasteiger partial charge in [0.15, 0.2) is 0 Å². The SMILES string of the molecule is CCCCCCC(C)Nc1ccc(C)cc1. The van der Waals surface area contributed by atoms with Crippen LogP contribution in [0.25, 0.3) is 0 Å². The Morgan fingerprint density at radius 1 is 1.06 bits per heavy atom. The van der Waals surface area contributed by atoms with Crippen LogP contribution >= 0.6 is 0 Å². The normalized spacial score (nSPS) is 12.4. The van der Waals surface area contributed by atoms with Crippen molar-refractivity contribution in [3.8, 4) is 0 Å². The largest absolute Gasteiger partial charge is 0.383 e. The quantitative estimate of drug-likeness (QED) is 0.652. The lowest BCUT2D eigenvalue weighted by Gasteiger charge is -2.15. The number of benzene rings is 1. The number of aryl methyl sites for hydroxylation is 1. The van der Waals surface area contributed by atoms with Crippen molar-refractivity contribution in [3.63, 3.8) is 0 Å². The predicted octanol–water partition coefficient (Wildman–Crippen LogP) is 4.77. The Labute approximate surface area is 100 Å². The lowest BCUT2D eigenvalue weighted by Crippen LogP contribution is -2.14. The van der Waals surface area contributed by atoms with E-state index >= 15 is 0 Å². The van der Waals surface area contributed by atoms with Gasteiger partial charge in [0.1, 0.15) is 0 Å². The molecule has 0 radical (unpaired) electrons. The van der Waals surface area contributed by atoms with E-state index in [-0.39, 0.29) is 0 Å². The third-order valence-corrected chi connectivity index (χ3v) is 2.96. The number of rotatable bonds is 7. The average Bonchev–Trinajstić information content (AvgIpc) is 2.28. The van der Waals surface area contributed by atoms with Gasteiger partial charge < -0.3 is 5.32 Å². The molecule has 1 N–H and O–H groups in total. The highest BCUT2D eigenvalue weighted by atomic mass is 14.9. The maximum Gasteiger partial charge on any atom is 0.0342 e. The van der Waals surface area contributed by atoms with Crippen molar-refractivity contribution in [1.29, 1.82) is 0 Å². The maximum absolute atomic E-state index is 3.55. The molecule has 0 heterocycles. The number of unbranched alkanes of at least 4 members (excludes halogenated alkanes) is 3. The summed E-state index contributed by atoms with van der Waals surface area (Å²) >= 11 is 0. The van der Waals surface area contributed by atoms with Crippen molar-refractivity contribution < 1.29 is 0 Å². The minimum Gasteiger partial charge on any atom is -0.383 e. The summed E-state index contributed by atoms with van der Waals surface area (Å²) in [6.07, 6.45) is 6.68. The van der Waals surface area contributed by atoms with Gasteiger partial charge in [-0.05, 0) is 32.4 Å². The van der Waals surface area contributed by atoms with Crippen LogP contribution in [-0.2, 0) is 0 Å². The van der Waals surface area contributed by atoms with Crippen LogP contribution in [0.3, 0.4) is 0 Å². The smallest absolute Gasteiger partial charge is 0.0342 e. The first-order valence-electron chi connectivity index (χ1n) is 6.55. The van der Waals surface area contributed by atoms with E-state index in [0.29, 0.717) is 6.04 Å². The van der Waals surface area contributed by atoms with Crippen LogP contribution < -0.4 is 5.32 Å². The van der Waals surface area contributed by atoms with Gasteiger partial charge in [-0.2, -0.15) is 0 Å². The average molecular weight is 219 g/mol. The van der Waals surface area contributed by atoms with Gasteiger partial charge in [0.25, 0.3) is 0 Å². The second-order valence-electron chi connectivity index (χ2n) is 4.76. The minimum atomic E-state index is 0.583. The molecule has 16 heavy (non-hydrogen) atoms. The first-order chi connectivity index (χ1) is 7.72. The van der Waals surface area contributed by atoms with Gasteiger partial charge >= 0.3 is 0 Å². The zero-order valence-corrected chi connectivity index (χ0v) is 10.9. The number of anilines is 1. The molecular weight excluding hydrogens is 194 g/mol. The standard InChI is InChI=1S/C15H25N/c1-4-5-6-7-8-14(3)16-15-11-9-13(2)10-12-15/h9-12,14,16H,4-8H2,1-3H3. The summed E-state index contributed by atoms with van der Waals surface area (Å²) in [5.41, 5.74) is 2.56. The fourth-order valence-electron chi connectivity index (χ4n) is 1.88. The van der Waals surface area contributed by atoms with Gasteiger partial charge in [0.2, 0.25) is 0 Å². The molecule has 1 unspecified atom stereocenters. The zero-order chi connectivity index (χ0) is 11.8. The first kappa shape index (κ1) is 13.1. The summed E-state index contributed by atoms with van der Waals surface area (Å²) in [5, 5.41) is 3.55. The fourth-order valence-corrected chi connectivity index (χ4v) is 1.88. The second-order valence-corrected chi connectivity index (χ2v) is 4.76. The molecule has 0 bridgehead atoms. The Morgan fingerprint density at radius 2 is 1.75 bits per heavy atom. The molecule has 1 nitrogen and oxygen atoms in total. The molecule has 0 saturated carbocycles. The number of hydrogen-bond donors (Lipinski definition) is 1. The molecule has 1 atom stereocenters. The number of nitrogens with one attached hydrogen (secondary N) is 1. The molecule has 0 aromatic heterocycles. The summed E-state index contributed by atoms with van der Waals surface area (Å²) in [5.74, 6) is 0. The molecule has 90 valence electrons. The third-order valence-electron chi connectivity index (χ3n) is 2.96. The molecule has 0 amide bonds. The van der Waals surface area contributed by atoms with Crippen LogP contribution in [0.2, 0.25) is 0 Å². The van der Waals surface area contributed by atoms with Gasteiger partial charge in [-0.3, -0.25) is 0 Å². The van der Waals surface area contributed by atoms with Crippen molar-refractivity contribution in [3.05, 3.63) is 29.8 Å². The van der Waals surface area contributed by atoms with Gasteiger partial charge in [0.05, 0.1) is 0 Å². The van der Waals surface area contributed by atoms with Crippen molar-refractivity contribution in [2.45, 2.75) is 58.9 Å². The van der Waals surface area contributed by atoms with Gasteiger partial charge in [-0.15, -0.1) is 0 Å². The van der Waals surface area contributed by atoms with Gasteiger partial charge in [-0.25, -0.2) is 0 Å². The van der Waals surface area contributed by atoms with E-state index in [4.69, 9.17) is 0 Å². The van der Waals surface area contributed by atoms with Crippen molar-refractivity contribution in [1.82, 2.24) is 0 Å². The van der Waals surface area contributed by atoms with Crippen LogP contribution in [0.15, 0.2) is 24.3 Å². The van der Waals surface area contributed by atoms with Crippen LogP contribution in [-0.4, -0.2) is 6.04 Å². The lowest BCUT2D eigenvalue weighted by atomic mass is 10.1. The van der Waals surface area contributed by atoms with E-state index in [1.807, 2.05) is 0 Å². The van der Waals surface area contributed by atoms with Crippen molar-refractivity contribution in [2.24, 2.45) is 0 Å². The predicted molar refractivity (Wildman–Crippen MR) is 73.0 cm³/mol. The highest BCUT2D eigenvalue weighted by Gasteiger charge is 2.01. The summed E-state index contributed by atoms with van der Waals surface area (Å²) in [7, 11) is 0. The van der Waals surface area contributed by atoms with Crippen LogP contribution in [0.1, 0.15) is 51.5 Å². The highest BCUT2D eigenvalue weighted by molar-refractivity contribution is 5.44. The molecule has 1 aromatic carbocycles. The third kappa shape index (κ3) is 5.20. The van der Waals surface area contributed by atoms with E-state index in [9.17, 15) is 0 Å². The molecule has 0 aliphatic carbocycles. The summed E-state index contributed by atoms with van der Waals surface area (Å²) in [6, 6.07) is 9.23. The molecule has 1 rings (SSSR count). The van der Waals surface area contributed by atoms with E-state index in [1.165, 1.54) is 43.4 Å². The van der Waals surface area contributed by atoms with Crippen LogP contribution in [0.5, 0.6) is 0 Å². The van der Waals surface area contributed by atoms with Gasteiger partial charge in [-0.1, -0.05) is 50.3 Å². The lowest BCUT2D eigenvalue weighted by molar-refractivity contribution is 0.594. The molecule has 0 saturated heterocycles. The maximum atomic E-state index is 3.55.